The van der Waals surface area contributed by atoms with Gasteiger partial charge in [-0.25, -0.2) is 0 Å². The van der Waals surface area contributed by atoms with Crippen LogP contribution in [-0.4, -0.2) is 87.5 Å². The van der Waals surface area contributed by atoms with Gasteiger partial charge in [0.2, 0.25) is 5.91 Å². The van der Waals surface area contributed by atoms with Gasteiger partial charge in [-0.3, -0.25) is 4.79 Å². The van der Waals surface area contributed by atoms with Crippen molar-refractivity contribution >= 4 is 5.91 Å². The number of unbranched alkanes of at least 4 members (excludes halogenated alkanes) is 38. The lowest BCUT2D eigenvalue weighted by molar-refractivity contribution is -0.302. The summed E-state index contributed by atoms with van der Waals surface area (Å²) in [6, 6.07) is -0.800. The average Bonchev–Trinajstić information content (AvgIpc) is 3.29. The van der Waals surface area contributed by atoms with E-state index in [1.54, 1.807) is 6.08 Å². The summed E-state index contributed by atoms with van der Waals surface area (Å²) < 4.78 is 11.3. The zero-order valence-electron chi connectivity index (χ0n) is 42.1. The highest BCUT2D eigenvalue weighted by Gasteiger charge is 2.44. The monoisotopic (exact) mass is 910 g/mol. The maximum atomic E-state index is 13.0. The van der Waals surface area contributed by atoms with Gasteiger partial charge >= 0.3 is 0 Å². The molecular weight excluding hydrogens is 803 g/mol. The summed E-state index contributed by atoms with van der Waals surface area (Å²) in [7, 11) is 0. The van der Waals surface area contributed by atoms with Crippen LogP contribution in [0, 0.1) is 0 Å². The van der Waals surface area contributed by atoms with E-state index in [1.165, 1.54) is 218 Å². The predicted octanol–water partition coefficient (Wildman–Crippen LogP) is 13.2. The molecule has 0 radical (unpaired) electrons. The summed E-state index contributed by atoms with van der Waals surface area (Å²) in [6.45, 7) is 3.82. The molecule has 1 amide bonds. The Bertz CT molecular complexity index is 1010. The number of ether oxygens (including phenoxy) is 2. The highest BCUT2D eigenvalue weighted by atomic mass is 16.7. The molecular formula is C55H107NO8. The quantitative estimate of drug-likeness (QED) is 0.0261. The Kier molecular flexibility index (Phi) is 43.5. The molecule has 1 fully saturated rings. The number of carbonyl (C=O) groups excluding carboxylic acids is 1. The first kappa shape index (κ1) is 60.9. The second kappa shape index (κ2) is 45.7. The van der Waals surface area contributed by atoms with Crippen molar-refractivity contribution in [2.45, 2.75) is 320 Å². The van der Waals surface area contributed by atoms with Crippen molar-refractivity contribution < 1.29 is 39.8 Å². The minimum absolute atomic E-state index is 0.170. The van der Waals surface area contributed by atoms with Crippen LogP contribution in [0.1, 0.15) is 277 Å². The third kappa shape index (κ3) is 35.1. The number of hydrogen-bond donors (Lipinski definition) is 6. The summed E-state index contributed by atoms with van der Waals surface area (Å²) in [5.41, 5.74) is 0. The lowest BCUT2D eigenvalue weighted by atomic mass is 9.99. The highest BCUT2D eigenvalue weighted by molar-refractivity contribution is 5.76. The normalized spacial score (nSPS) is 20.0. The SMILES string of the molecule is CCCCCCCCCCCCCCCCCCCCCC/C=C/C(O)C(COC1OC(CO)C(O)C(O)C1O)NC(=O)CCCCCCCCCCCCCCCCCCCCC. The molecule has 0 aromatic heterocycles. The van der Waals surface area contributed by atoms with Gasteiger partial charge in [-0.1, -0.05) is 264 Å². The van der Waals surface area contributed by atoms with Gasteiger partial charge in [0.05, 0.1) is 25.4 Å². The van der Waals surface area contributed by atoms with Crippen molar-refractivity contribution in [3.05, 3.63) is 12.2 Å². The van der Waals surface area contributed by atoms with Gasteiger partial charge in [0.15, 0.2) is 6.29 Å². The molecule has 7 unspecified atom stereocenters. The molecule has 0 spiro atoms. The molecule has 0 saturated carbocycles. The fraction of sp³-hybridized carbons (Fsp3) is 0.945. The Balaban J connectivity index is 2.24. The van der Waals surface area contributed by atoms with Crippen LogP contribution >= 0.6 is 0 Å². The fourth-order valence-electron chi connectivity index (χ4n) is 9.16. The Morgan fingerprint density at radius 3 is 1.22 bits per heavy atom. The Labute approximate surface area is 395 Å². The van der Waals surface area contributed by atoms with E-state index in [0.717, 1.165) is 38.5 Å². The number of aliphatic hydroxyl groups is 5. The van der Waals surface area contributed by atoms with Crippen LogP contribution in [0.4, 0.5) is 0 Å². The van der Waals surface area contributed by atoms with Gasteiger partial charge in [-0.05, 0) is 19.3 Å². The lowest BCUT2D eigenvalue weighted by Gasteiger charge is -2.40. The zero-order chi connectivity index (χ0) is 46.6. The van der Waals surface area contributed by atoms with E-state index in [9.17, 15) is 30.3 Å². The van der Waals surface area contributed by atoms with Crippen molar-refractivity contribution in [2.75, 3.05) is 13.2 Å². The minimum Gasteiger partial charge on any atom is -0.394 e. The second-order valence-corrected chi connectivity index (χ2v) is 19.7. The van der Waals surface area contributed by atoms with Gasteiger partial charge < -0.3 is 40.3 Å². The largest absolute Gasteiger partial charge is 0.394 e. The van der Waals surface area contributed by atoms with Gasteiger partial charge in [0.1, 0.15) is 24.4 Å². The number of allylic oxidation sites excluding steroid dienone is 1. The average molecular weight is 910 g/mol. The molecule has 6 N–H and O–H groups in total. The molecule has 9 heteroatoms. The third-order valence-electron chi connectivity index (χ3n) is 13.6. The maximum absolute atomic E-state index is 13.0. The van der Waals surface area contributed by atoms with E-state index in [0.29, 0.717) is 6.42 Å². The summed E-state index contributed by atoms with van der Waals surface area (Å²) in [5.74, 6) is -0.170. The molecule has 1 heterocycles. The van der Waals surface area contributed by atoms with Gasteiger partial charge in [-0.15, -0.1) is 0 Å². The van der Waals surface area contributed by atoms with Crippen molar-refractivity contribution in [3.63, 3.8) is 0 Å². The number of nitrogens with one attached hydrogen (secondary N) is 1. The Morgan fingerprint density at radius 1 is 0.516 bits per heavy atom. The van der Waals surface area contributed by atoms with Crippen molar-refractivity contribution in [1.29, 1.82) is 0 Å². The van der Waals surface area contributed by atoms with E-state index in [4.69, 9.17) is 9.47 Å². The molecule has 0 aromatic carbocycles. The molecule has 1 aliphatic rings. The van der Waals surface area contributed by atoms with Crippen LogP contribution in [0.2, 0.25) is 0 Å². The van der Waals surface area contributed by atoms with E-state index in [-0.39, 0.29) is 12.5 Å². The molecule has 1 saturated heterocycles. The number of rotatable bonds is 48. The molecule has 0 aliphatic carbocycles. The van der Waals surface area contributed by atoms with Crippen molar-refractivity contribution in [1.82, 2.24) is 5.32 Å². The summed E-state index contributed by atoms with van der Waals surface area (Å²) in [6.07, 6.45) is 48.4. The van der Waals surface area contributed by atoms with E-state index in [2.05, 4.69) is 19.2 Å². The van der Waals surface area contributed by atoms with Gasteiger partial charge in [0, 0.05) is 6.42 Å². The molecule has 9 nitrogen and oxygen atoms in total. The zero-order valence-corrected chi connectivity index (χ0v) is 42.1. The maximum Gasteiger partial charge on any atom is 0.220 e. The summed E-state index contributed by atoms with van der Waals surface area (Å²) in [4.78, 5) is 13.0. The van der Waals surface area contributed by atoms with Crippen LogP contribution < -0.4 is 5.32 Å². The lowest BCUT2D eigenvalue weighted by Crippen LogP contribution is -2.60. The highest BCUT2D eigenvalue weighted by Crippen LogP contribution is 2.23. The first-order valence-corrected chi connectivity index (χ1v) is 27.9. The van der Waals surface area contributed by atoms with Gasteiger partial charge in [0.25, 0.3) is 0 Å². The van der Waals surface area contributed by atoms with Crippen molar-refractivity contribution in [2.24, 2.45) is 0 Å². The number of aliphatic hydroxyl groups excluding tert-OH is 5. The predicted molar refractivity (Wildman–Crippen MR) is 267 cm³/mol. The third-order valence-corrected chi connectivity index (χ3v) is 13.6. The number of amides is 1. The van der Waals surface area contributed by atoms with Gasteiger partial charge in [-0.2, -0.15) is 0 Å². The number of carbonyl (C=O) groups is 1. The van der Waals surface area contributed by atoms with E-state index in [1.807, 2.05) is 6.08 Å². The molecule has 1 aliphatic heterocycles. The number of hydrogen-bond acceptors (Lipinski definition) is 8. The van der Waals surface area contributed by atoms with Crippen LogP contribution in [0.15, 0.2) is 12.2 Å². The summed E-state index contributed by atoms with van der Waals surface area (Å²) in [5, 5.41) is 54.5. The Hall–Kier alpha value is -1.07. The van der Waals surface area contributed by atoms with Crippen LogP contribution in [0.25, 0.3) is 0 Å². The Morgan fingerprint density at radius 2 is 0.859 bits per heavy atom. The summed E-state index contributed by atoms with van der Waals surface area (Å²) >= 11 is 0. The van der Waals surface area contributed by atoms with Crippen LogP contribution in [0.5, 0.6) is 0 Å². The molecule has 0 aromatic rings. The topological polar surface area (TPSA) is 149 Å². The standard InChI is InChI=1S/C55H107NO8/c1-3-5-7-9-11-13-15-17-19-21-23-24-25-27-28-30-32-34-36-38-40-42-44-49(58)48(47-63-55-54(62)53(61)52(60)50(46-57)64-55)56-51(59)45-43-41-39-37-35-33-31-29-26-22-20-18-16-14-12-10-8-6-4-2/h42,44,48-50,52-55,57-58,60-62H,3-41,43,45-47H2,1-2H3,(H,56,59)/b44-42+. The van der Waals surface area contributed by atoms with Crippen LogP contribution in [0.3, 0.4) is 0 Å². The molecule has 64 heavy (non-hydrogen) atoms. The van der Waals surface area contributed by atoms with Crippen molar-refractivity contribution in [3.8, 4) is 0 Å². The van der Waals surface area contributed by atoms with E-state index < -0.39 is 49.5 Å². The minimum atomic E-state index is -1.56. The van der Waals surface area contributed by atoms with Crippen LogP contribution in [-0.2, 0) is 14.3 Å². The smallest absolute Gasteiger partial charge is 0.220 e. The molecule has 0 bridgehead atoms. The molecule has 1 rings (SSSR count). The molecule has 380 valence electrons. The first-order chi connectivity index (χ1) is 31.3. The second-order valence-electron chi connectivity index (χ2n) is 19.7. The first-order valence-electron chi connectivity index (χ1n) is 27.9. The fourth-order valence-corrected chi connectivity index (χ4v) is 9.16. The molecule has 7 atom stereocenters. The van der Waals surface area contributed by atoms with E-state index >= 15 is 0 Å².